The molecule has 0 fully saturated rings. The zero-order valence-electron chi connectivity index (χ0n) is 14.0. The molecule has 0 bridgehead atoms. The average Bonchev–Trinajstić information content (AvgIpc) is 2.61. The van der Waals surface area contributed by atoms with Crippen LogP contribution in [-0.4, -0.2) is 9.97 Å². The Morgan fingerprint density at radius 1 is 0.692 bits per heavy atom. The lowest BCUT2D eigenvalue weighted by Gasteiger charge is -2.08. The Morgan fingerprint density at radius 3 is 1.73 bits per heavy atom. The van der Waals surface area contributed by atoms with Crippen LogP contribution in [0.4, 0.5) is 17.3 Å². The van der Waals surface area contributed by atoms with Crippen LogP contribution in [0.1, 0.15) is 11.1 Å². The summed E-state index contributed by atoms with van der Waals surface area (Å²) in [6.07, 6.45) is 3.45. The first-order valence-electron chi connectivity index (χ1n) is 7.48. The molecule has 0 aliphatic rings. The molecule has 0 saturated carbocycles. The molecule has 26 heavy (non-hydrogen) atoms. The summed E-state index contributed by atoms with van der Waals surface area (Å²) in [5, 5.41) is 6.57. The fraction of sp³-hybridized carbons (Fsp3) is 0.111. The number of aromatic nitrogens is 2. The molecule has 4 N–H and O–H groups in total. The molecule has 0 amide bonds. The van der Waals surface area contributed by atoms with Crippen molar-refractivity contribution in [2.24, 2.45) is 0 Å². The summed E-state index contributed by atoms with van der Waals surface area (Å²) in [7, 11) is 0. The summed E-state index contributed by atoms with van der Waals surface area (Å²) in [5.74, 6) is 0.640. The van der Waals surface area contributed by atoms with Crippen LogP contribution in [0, 0.1) is 0 Å². The van der Waals surface area contributed by atoms with Crippen LogP contribution in [0.25, 0.3) is 0 Å². The molecule has 8 heteroatoms. The molecule has 0 unspecified atom stereocenters. The number of halogens is 3. The molecule has 140 valence electrons. The van der Waals surface area contributed by atoms with Gasteiger partial charge in [0.2, 0.25) is 5.95 Å². The third kappa shape index (κ3) is 7.35. The summed E-state index contributed by atoms with van der Waals surface area (Å²) in [5.41, 5.74) is 9.92. The fourth-order valence-corrected chi connectivity index (χ4v) is 2.15. The van der Waals surface area contributed by atoms with Gasteiger partial charge in [0.1, 0.15) is 0 Å². The van der Waals surface area contributed by atoms with E-state index in [2.05, 4.69) is 44.9 Å². The Kier molecular flexibility index (Phi) is 11.2. The average molecular weight is 415 g/mol. The summed E-state index contributed by atoms with van der Waals surface area (Å²) >= 11 is 0. The van der Waals surface area contributed by atoms with E-state index in [0.717, 1.165) is 17.9 Å². The second-order valence-electron chi connectivity index (χ2n) is 5.22. The molecule has 0 aliphatic heterocycles. The van der Waals surface area contributed by atoms with E-state index >= 15 is 0 Å². The Hall–Kier alpha value is -2.21. The van der Waals surface area contributed by atoms with Crippen LogP contribution in [0.2, 0.25) is 0 Å². The SMILES string of the molecule is Cl.Cl.Cl.Nc1ccc(NCc2ccc(CNc3ncccn3)cc2)cc1. The van der Waals surface area contributed by atoms with Gasteiger partial charge in [-0.1, -0.05) is 24.3 Å². The Balaban J connectivity index is 0.00000208. The number of hydrogen-bond donors (Lipinski definition) is 3. The van der Waals surface area contributed by atoms with Crippen molar-refractivity contribution in [2.45, 2.75) is 13.1 Å². The van der Waals surface area contributed by atoms with Crippen molar-refractivity contribution in [3.8, 4) is 0 Å². The fourth-order valence-electron chi connectivity index (χ4n) is 2.15. The molecule has 0 saturated heterocycles. The van der Waals surface area contributed by atoms with Crippen molar-refractivity contribution in [1.29, 1.82) is 0 Å². The van der Waals surface area contributed by atoms with Crippen molar-refractivity contribution in [2.75, 3.05) is 16.4 Å². The minimum atomic E-state index is 0. The van der Waals surface area contributed by atoms with Gasteiger partial charge in [-0.25, -0.2) is 9.97 Å². The summed E-state index contributed by atoms with van der Waals surface area (Å²) in [6.45, 7) is 1.48. The predicted octanol–water partition coefficient (Wildman–Crippen LogP) is 4.55. The van der Waals surface area contributed by atoms with Crippen molar-refractivity contribution in [1.82, 2.24) is 9.97 Å². The van der Waals surface area contributed by atoms with Crippen LogP contribution >= 0.6 is 37.2 Å². The molecule has 0 radical (unpaired) electrons. The quantitative estimate of drug-likeness (QED) is 0.516. The highest BCUT2D eigenvalue weighted by atomic mass is 35.5. The molecule has 3 aromatic rings. The van der Waals surface area contributed by atoms with E-state index in [1.165, 1.54) is 11.1 Å². The highest BCUT2D eigenvalue weighted by molar-refractivity contribution is 5.86. The number of nitrogens with two attached hydrogens (primary N) is 1. The second kappa shape index (κ2) is 12.2. The first-order chi connectivity index (χ1) is 11.3. The van der Waals surface area contributed by atoms with E-state index in [0.29, 0.717) is 12.5 Å². The standard InChI is InChI=1S/C18H19N5.3ClH/c19-16-6-8-17(9-7-16)22-12-14-2-4-15(5-3-14)13-23-18-20-10-1-11-21-18;;;/h1-11,22H,12-13,19H2,(H,20,21,23);3*1H. The lowest BCUT2D eigenvalue weighted by atomic mass is 10.1. The van der Waals surface area contributed by atoms with E-state index in [9.17, 15) is 0 Å². The minimum absolute atomic E-state index is 0. The van der Waals surface area contributed by atoms with Gasteiger partial charge in [-0.2, -0.15) is 0 Å². The van der Waals surface area contributed by atoms with Gasteiger partial charge in [0.25, 0.3) is 0 Å². The van der Waals surface area contributed by atoms with E-state index in [1.54, 1.807) is 18.5 Å². The Labute approximate surface area is 172 Å². The van der Waals surface area contributed by atoms with E-state index in [1.807, 2.05) is 24.3 Å². The Morgan fingerprint density at radius 2 is 1.19 bits per heavy atom. The van der Waals surface area contributed by atoms with Gasteiger partial charge >= 0.3 is 0 Å². The first-order valence-corrected chi connectivity index (χ1v) is 7.48. The molecule has 0 atom stereocenters. The molecule has 5 nitrogen and oxygen atoms in total. The summed E-state index contributed by atoms with van der Waals surface area (Å²) < 4.78 is 0. The molecular weight excluding hydrogens is 393 g/mol. The third-order valence-electron chi connectivity index (χ3n) is 3.45. The zero-order valence-corrected chi connectivity index (χ0v) is 16.4. The molecule has 3 rings (SSSR count). The van der Waals surface area contributed by atoms with Gasteiger partial charge in [0.05, 0.1) is 0 Å². The maximum atomic E-state index is 5.68. The number of rotatable bonds is 6. The Bertz CT molecular complexity index is 737. The summed E-state index contributed by atoms with van der Waals surface area (Å²) in [4.78, 5) is 8.28. The number of nitrogens with one attached hydrogen (secondary N) is 2. The number of anilines is 3. The number of hydrogen-bond acceptors (Lipinski definition) is 5. The molecule has 0 aliphatic carbocycles. The molecule has 1 heterocycles. The molecule has 2 aromatic carbocycles. The zero-order chi connectivity index (χ0) is 15.9. The van der Waals surface area contributed by atoms with E-state index in [-0.39, 0.29) is 37.2 Å². The first kappa shape index (κ1) is 23.8. The lowest BCUT2D eigenvalue weighted by molar-refractivity contribution is 1.05. The maximum absolute atomic E-state index is 5.68. The van der Waals surface area contributed by atoms with E-state index < -0.39 is 0 Å². The largest absolute Gasteiger partial charge is 0.399 e. The van der Waals surface area contributed by atoms with Gasteiger partial charge in [-0.15, -0.1) is 37.2 Å². The minimum Gasteiger partial charge on any atom is -0.399 e. The van der Waals surface area contributed by atoms with Gasteiger partial charge in [0.15, 0.2) is 0 Å². The van der Waals surface area contributed by atoms with Gasteiger partial charge < -0.3 is 16.4 Å². The van der Waals surface area contributed by atoms with Crippen LogP contribution in [-0.2, 0) is 13.1 Å². The van der Waals surface area contributed by atoms with Crippen LogP contribution in [0.15, 0.2) is 67.0 Å². The topological polar surface area (TPSA) is 75.9 Å². The van der Waals surface area contributed by atoms with E-state index in [4.69, 9.17) is 5.73 Å². The smallest absolute Gasteiger partial charge is 0.222 e. The van der Waals surface area contributed by atoms with Crippen molar-refractivity contribution < 1.29 is 0 Å². The highest BCUT2D eigenvalue weighted by Crippen LogP contribution is 2.13. The third-order valence-corrected chi connectivity index (χ3v) is 3.45. The number of nitrogens with zero attached hydrogens (tertiary/aromatic N) is 2. The van der Waals surface area contributed by atoms with Crippen molar-refractivity contribution in [3.63, 3.8) is 0 Å². The lowest BCUT2D eigenvalue weighted by Crippen LogP contribution is -2.03. The van der Waals surface area contributed by atoms with Gasteiger partial charge in [0, 0.05) is 36.9 Å². The van der Waals surface area contributed by atoms with Crippen LogP contribution in [0.3, 0.4) is 0 Å². The van der Waals surface area contributed by atoms with Crippen LogP contribution in [0.5, 0.6) is 0 Å². The van der Waals surface area contributed by atoms with Gasteiger partial charge in [-0.05, 0) is 41.5 Å². The molecule has 0 spiro atoms. The molecular formula is C18H22Cl3N5. The monoisotopic (exact) mass is 413 g/mol. The van der Waals surface area contributed by atoms with Gasteiger partial charge in [-0.3, -0.25) is 0 Å². The van der Waals surface area contributed by atoms with Crippen molar-refractivity contribution >= 4 is 54.5 Å². The van der Waals surface area contributed by atoms with Crippen LogP contribution < -0.4 is 16.4 Å². The number of benzene rings is 2. The molecule has 1 aromatic heterocycles. The number of nitrogen functional groups attached to an aromatic ring is 1. The second-order valence-corrected chi connectivity index (χ2v) is 5.22. The highest BCUT2D eigenvalue weighted by Gasteiger charge is 1.98. The normalized spacial score (nSPS) is 9.08. The maximum Gasteiger partial charge on any atom is 0.222 e. The summed E-state index contributed by atoms with van der Waals surface area (Å²) in [6, 6.07) is 18.0. The predicted molar refractivity (Wildman–Crippen MR) is 116 cm³/mol. The van der Waals surface area contributed by atoms with Crippen molar-refractivity contribution in [3.05, 3.63) is 78.1 Å².